The molecule has 1 saturated carbocycles. The van der Waals surface area contributed by atoms with Crippen molar-refractivity contribution in [2.45, 2.75) is 52.5 Å². The van der Waals surface area contributed by atoms with E-state index in [1.165, 1.54) is 0 Å². The zero-order valence-corrected chi connectivity index (χ0v) is 22.8. The molecule has 1 fully saturated rings. The Hall–Kier alpha value is -3.86. The van der Waals surface area contributed by atoms with Gasteiger partial charge >= 0.3 is 0 Å². The molecular formula is C28H36N4O7. The number of phenols is 1. The molecule has 3 aliphatic carbocycles. The summed E-state index contributed by atoms with van der Waals surface area (Å²) >= 11 is 0. The van der Waals surface area contributed by atoms with E-state index in [9.17, 15) is 34.5 Å². The highest BCUT2D eigenvalue weighted by atomic mass is 16.3. The van der Waals surface area contributed by atoms with Crippen LogP contribution < -0.4 is 21.3 Å². The first-order valence-electron chi connectivity index (χ1n) is 13.0. The van der Waals surface area contributed by atoms with Gasteiger partial charge in [0.1, 0.15) is 22.8 Å². The predicted molar refractivity (Wildman–Crippen MR) is 145 cm³/mol. The number of anilines is 2. The van der Waals surface area contributed by atoms with Crippen LogP contribution in [0.4, 0.5) is 11.4 Å². The van der Waals surface area contributed by atoms with Crippen molar-refractivity contribution in [2.24, 2.45) is 23.5 Å². The van der Waals surface area contributed by atoms with Crippen molar-refractivity contribution in [3.63, 3.8) is 0 Å². The third-order valence-corrected chi connectivity index (χ3v) is 7.80. The fourth-order valence-electron chi connectivity index (χ4n) is 5.84. The van der Waals surface area contributed by atoms with Gasteiger partial charge in [-0.15, -0.1) is 0 Å². The SMILES string of the molecule is CCN(C)c1cc(NC(=O)CNC(C)(C)C)c(O)c2c1CC1CC3CC(=O)C(C(N)=O)=C(O)C3C(=O)C1=C2O. The Bertz CT molecular complexity index is 1340. The lowest BCUT2D eigenvalue weighted by Crippen LogP contribution is -2.44. The highest BCUT2D eigenvalue weighted by molar-refractivity contribution is 6.21. The average molecular weight is 541 g/mol. The second kappa shape index (κ2) is 10.0. The molecule has 3 aliphatic rings. The molecule has 11 nitrogen and oxygen atoms in total. The molecular weight excluding hydrogens is 504 g/mol. The molecule has 0 aromatic heterocycles. The van der Waals surface area contributed by atoms with Gasteiger partial charge in [-0.3, -0.25) is 19.2 Å². The molecule has 39 heavy (non-hydrogen) atoms. The number of ketones is 2. The monoisotopic (exact) mass is 540 g/mol. The van der Waals surface area contributed by atoms with E-state index in [0.29, 0.717) is 24.2 Å². The van der Waals surface area contributed by atoms with Gasteiger partial charge in [-0.05, 0) is 64.0 Å². The number of primary amides is 1. The molecule has 210 valence electrons. The summed E-state index contributed by atoms with van der Waals surface area (Å²) in [4.78, 5) is 52.6. The Morgan fingerprint density at radius 1 is 1.15 bits per heavy atom. The molecule has 4 rings (SSSR count). The molecule has 2 amide bonds. The number of aromatic hydroxyl groups is 1. The number of nitrogens with two attached hydrogens (primary N) is 1. The van der Waals surface area contributed by atoms with Gasteiger partial charge in [0.15, 0.2) is 11.6 Å². The fourth-order valence-corrected chi connectivity index (χ4v) is 5.84. The van der Waals surface area contributed by atoms with Crippen molar-refractivity contribution in [3.8, 4) is 5.75 Å². The Kier molecular flexibility index (Phi) is 7.24. The number of rotatable bonds is 6. The maximum Gasteiger partial charge on any atom is 0.255 e. The van der Waals surface area contributed by atoms with Crippen LogP contribution >= 0.6 is 0 Å². The van der Waals surface area contributed by atoms with E-state index >= 15 is 0 Å². The number of nitrogens with zero attached hydrogens (tertiary/aromatic N) is 1. The van der Waals surface area contributed by atoms with Crippen molar-refractivity contribution < 1.29 is 34.5 Å². The van der Waals surface area contributed by atoms with Crippen molar-refractivity contribution in [3.05, 3.63) is 34.1 Å². The van der Waals surface area contributed by atoms with E-state index in [0.717, 1.165) is 0 Å². The number of Topliss-reactive ketones (excluding diaryl/α,β-unsaturated/α-hetero) is 2. The number of allylic oxidation sites excluding steroid dienone is 2. The highest BCUT2D eigenvalue weighted by Gasteiger charge is 2.51. The van der Waals surface area contributed by atoms with E-state index < -0.39 is 58.2 Å². The molecule has 0 aliphatic heterocycles. The molecule has 3 atom stereocenters. The summed E-state index contributed by atoms with van der Waals surface area (Å²) in [7, 11) is 1.84. The molecule has 0 bridgehead atoms. The van der Waals surface area contributed by atoms with Crippen molar-refractivity contribution in [2.75, 3.05) is 30.4 Å². The minimum atomic E-state index is -1.19. The van der Waals surface area contributed by atoms with Crippen molar-refractivity contribution in [1.29, 1.82) is 0 Å². The van der Waals surface area contributed by atoms with E-state index in [4.69, 9.17) is 5.73 Å². The second-order valence-corrected chi connectivity index (χ2v) is 11.6. The topological polar surface area (TPSA) is 182 Å². The molecule has 1 aromatic carbocycles. The first-order valence-corrected chi connectivity index (χ1v) is 13.0. The predicted octanol–water partition coefficient (Wildman–Crippen LogP) is 2.09. The smallest absolute Gasteiger partial charge is 0.255 e. The maximum absolute atomic E-state index is 13.7. The standard InChI is InChI=1S/C28H36N4O7/c1-6-32(5)16-10-15(31-18(34)11-30-28(2,3)4)23(35)21-14(16)8-12-7-13-9-17(33)22(27(29)39)26(38)20(13)24(36)19(12)25(21)37/h10,12-13,20,30,35,37-38H,6-9,11H2,1-5H3,(H2,29,39)(H,31,34). The summed E-state index contributed by atoms with van der Waals surface area (Å²) in [6.07, 6.45) is 0.485. The Balaban J connectivity index is 1.82. The quantitative estimate of drug-likeness (QED) is 0.232. The number of hydrogen-bond acceptors (Lipinski definition) is 9. The Labute approximate surface area is 226 Å². The van der Waals surface area contributed by atoms with Gasteiger partial charge < -0.3 is 36.6 Å². The normalized spacial score (nSPS) is 22.7. The number of carbonyl (C=O) groups is 4. The van der Waals surface area contributed by atoms with Gasteiger partial charge in [-0.25, -0.2) is 0 Å². The number of aliphatic hydroxyl groups excluding tert-OH is 2. The lowest BCUT2D eigenvalue weighted by Gasteiger charge is -2.41. The molecule has 0 radical (unpaired) electrons. The molecule has 0 heterocycles. The summed E-state index contributed by atoms with van der Waals surface area (Å²) in [5.41, 5.74) is 5.82. The number of amides is 2. The lowest BCUT2D eigenvalue weighted by molar-refractivity contribution is -0.127. The molecule has 3 unspecified atom stereocenters. The average Bonchev–Trinajstić information content (AvgIpc) is 2.82. The summed E-state index contributed by atoms with van der Waals surface area (Å²) in [6, 6.07) is 1.65. The Morgan fingerprint density at radius 2 is 1.82 bits per heavy atom. The highest BCUT2D eigenvalue weighted by Crippen LogP contribution is 2.52. The van der Waals surface area contributed by atoms with Crippen molar-refractivity contribution >= 4 is 40.5 Å². The van der Waals surface area contributed by atoms with E-state index in [-0.39, 0.29) is 47.5 Å². The van der Waals surface area contributed by atoms with E-state index in [1.807, 2.05) is 39.6 Å². The minimum absolute atomic E-state index is 0.0117. The summed E-state index contributed by atoms with van der Waals surface area (Å²) in [5, 5.41) is 39.2. The molecule has 1 aromatic rings. The first-order chi connectivity index (χ1) is 18.2. The van der Waals surface area contributed by atoms with Gasteiger partial charge in [0.05, 0.1) is 23.7 Å². The van der Waals surface area contributed by atoms with Crippen LogP contribution in [0.1, 0.15) is 51.7 Å². The van der Waals surface area contributed by atoms with Crippen LogP contribution in [0.2, 0.25) is 0 Å². The lowest BCUT2D eigenvalue weighted by atomic mass is 9.61. The summed E-state index contributed by atoms with van der Waals surface area (Å²) in [6.45, 7) is 8.26. The second-order valence-electron chi connectivity index (χ2n) is 11.6. The van der Waals surface area contributed by atoms with Crippen LogP contribution in [0.25, 0.3) is 5.76 Å². The van der Waals surface area contributed by atoms with E-state index in [2.05, 4.69) is 10.6 Å². The number of phenolic OH excluding ortho intramolecular Hbond substituents is 1. The molecule has 7 N–H and O–H groups in total. The van der Waals surface area contributed by atoms with Gasteiger partial charge in [-0.2, -0.15) is 0 Å². The molecule has 11 heteroatoms. The summed E-state index contributed by atoms with van der Waals surface area (Å²) < 4.78 is 0. The fraction of sp³-hybridized carbons (Fsp3) is 0.500. The van der Waals surface area contributed by atoms with Gasteiger partial charge in [0, 0.05) is 36.8 Å². The van der Waals surface area contributed by atoms with Gasteiger partial charge in [-0.1, -0.05) is 0 Å². The number of hydrogen-bond donors (Lipinski definition) is 6. The summed E-state index contributed by atoms with van der Waals surface area (Å²) in [5.74, 6) is -6.42. The largest absolute Gasteiger partial charge is 0.511 e. The first kappa shape index (κ1) is 28.2. The number of fused-ring (bicyclic) bond motifs is 3. The number of benzene rings is 1. The third kappa shape index (κ3) is 4.98. The zero-order chi connectivity index (χ0) is 29.0. The van der Waals surface area contributed by atoms with Crippen LogP contribution in [0, 0.1) is 17.8 Å². The van der Waals surface area contributed by atoms with Crippen LogP contribution in [-0.2, 0) is 25.6 Å². The van der Waals surface area contributed by atoms with Crippen molar-refractivity contribution in [1.82, 2.24) is 5.32 Å². The van der Waals surface area contributed by atoms with Gasteiger partial charge in [0.2, 0.25) is 5.91 Å². The van der Waals surface area contributed by atoms with Crippen LogP contribution in [0.3, 0.4) is 0 Å². The van der Waals surface area contributed by atoms with E-state index in [1.54, 1.807) is 6.07 Å². The number of nitrogens with one attached hydrogen (secondary N) is 2. The van der Waals surface area contributed by atoms with Crippen LogP contribution in [0.15, 0.2) is 23.0 Å². The number of aliphatic hydroxyl groups is 2. The van der Waals surface area contributed by atoms with Crippen LogP contribution in [-0.4, -0.2) is 64.4 Å². The minimum Gasteiger partial charge on any atom is -0.511 e. The number of carbonyl (C=O) groups excluding carboxylic acids is 4. The molecule has 0 saturated heterocycles. The maximum atomic E-state index is 13.7. The third-order valence-electron chi connectivity index (χ3n) is 7.80. The van der Waals surface area contributed by atoms with Gasteiger partial charge in [0.25, 0.3) is 5.91 Å². The van der Waals surface area contributed by atoms with Crippen LogP contribution in [0.5, 0.6) is 5.75 Å². The zero-order valence-electron chi connectivity index (χ0n) is 22.8. The molecule has 0 spiro atoms. The Morgan fingerprint density at radius 3 is 2.41 bits per heavy atom.